The Morgan fingerprint density at radius 1 is 0.427 bits per heavy atom. The molecule has 0 saturated heterocycles. The zero-order valence-corrected chi connectivity index (χ0v) is 79.4. The molecule has 6 aromatic carbocycles. The number of pyridine rings is 6. The number of carboxylic acid groups (broad SMARTS) is 1. The molecule has 24 nitrogen and oxygen atoms in total. The lowest BCUT2D eigenvalue weighted by atomic mass is 9.91. The number of aryl methyl sites for hydroxylation is 3. The molecule has 12 heterocycles. The Hall–Kier alpha value is -12.3. The van der Waals surface area contributed by atoms with Crippen LogP contribution in [0, 0.1) is 20.8 Å². The summed E-state index contributed by atoms with van der Waals surface area (Å²) in [7, 11) is 0. The second-order valence-corrected chi connectivity index (χ2v) is 38.7. The minimum atomic E-state index is -1.20. The fourth-order valence-electron chi connectivity index (χ4n) is 15.5. The van der Waals surface area contributed by atoms with Crippen molar-refractivity contribution in [3.63, 3.8) is 0 Å². The van der Waals surface area contributed by atoms with Crippen molar-refractivity contribution in [2.45, 2.75) is 152 Å². The number of amides is 3. The first-order chi connectivity index (χ1) is 62.5. The third-order valence-corrected chi connectivity index (χ3v) is 25.5. The number of nitrogens with zero attached hydrogens (tertiary/aromatic N) is 11. The van der Waals surface area contributed by atoms with Gasteiger partial charge in [0.05, 0.1) is 90.4 Å². The molecule has 3 aliphatic rings. The van der Waals surface area contributed by atoms with Crippen LogP contribution in [0.1, 0.15) is 176 Å². The average molecular weight is 1890 g/mol. The topological polar surface area (TPSA) is 303 Å². The molecule has 31 heteroatoms. The number of anilines is 2. The molecule has 0 saturated carbocycles. The SMILES string of the molecule is CCOC(=O)[C@@H](OC(C)(C)C)c1c(C)cc2nc(-c3ccnc(Cl)c3)sc2c1-c1ccc(Cl)cc1.CCOC(=O)[C@@H](OC(C)(C)C)c1c(C)cc2nc(-c3ccnc(N4Cc5ccncc5C4=O)c3)sc2c1-c1ccc(Cl)cc1.Cc1cc2nc(-c3ccnc(N4Cc5ccncc5C4=O)c3)sc2c(-c2ccc(Cl)cc2)c1[C@H](OC(C)(C)C)C(=O)O.O=C1NCc2ccncc21. The lowest BCUT2D eigenvalue weighted by Crippen LogP contribution is -2.29. The van der Waals surface area contributed by atoms with E-state index in [4.69, 9.17) is 85.0 Å². The van der Waals surface area contributed by atoms with Gasteiger partial charge >= 0.3 is 17.9 Å². The van der Waals surface area contributed by atoms with Crippen LogP contribution in [0.2, 0.25) is 20.2 Å². The van der Waals surface area contributed by atoms with Gasteiger partial charge in [-0.15, -0.1) is 34.0 Å². The molecule has 15 aromatic rings. The molecule has 0 unspecified atom stereocenters. The molecule has 3 atom stereocenters. The quantitative estimate of drug-likeness (QED) is 0.0561. The highest BCUT2D eigenvalue weighted by Crippen LogP contribution is 2.50. The van der Waals surface area contributed by atoms with Crippen LogP contribution in [0.15, 0.2) is 201 Å². The summed E-state index contributed by atoms with van der Waals surface area (Å²) in [5.74, 6) is -1.17. The molecule has 2 N–H and O–H groups in total. The molecule has 3 aliphatic heterocycles. The minimum Gasteiger partial charge on any atom is -0.479 e. The van der Waals surface area contributed by atoms with Gasteiger partial charge in [-0.05, 0) is 256 Å². The van der Waals surface area contributed by atoms with Gasteiger partial charge in [-0.2, -0.15) is 0 Å². The summed E-state index contributed by atoms with van der Waals surface area (Å²) in [6, 6.07) is 45.0. The third kappa shape index (κ3) is 20.9. The molecule has 0 spiro atoms. The Morgan fingerprint density at radius 2 is 0.763 bits per heavy atom. The number of carboxylic acids is 1. The molecule has 18 rings (SSSR count). The molecule has 131 heavy (non-hydrogen) atoms. The standard InChI is InChI=1S/C34H31ClN4O4S.C32H27ClN4O4S.C27H26Cl2N2O3S.C7H6N2O/c1-6-42-33(41)29(43-34(3,4)5)27-19(2)15-25-30(28(27)20-7-9-23(35)10-8-20)44-31(38-25)21-12-14-37-26(16-21)39-18-22-11-13-36-17-24(22)32(39)40;1-17-13-23-28(26(18-5-7-21(33)8-6-18)25(17)27(31(39)40)41-32(2,3)4)42-29(36-23)19-10-12-35-24(14-19)37-16-20-9-11-34-15-22(20)30(37)38;1-6-33-26(32)23(34-27(3,4)5)21-15(2)13-19-24(22(21)16-7-9-18(28)10-8-16)35-25(31-19)17-11-12-30-20(29)14-17;10-7-6-4-8-2-1-5(6)3-9-7/h7-17,29H,6,18H2,1-5H3;5-15,27H,16H2,1-4H3,(H,39,40);7-14,23H,6H2,1-5H3;1-2,4H,3H2,(H,9,10)/t29-;27-;23-;/m000./s1. The van der Waals surface area contributed by atoms with E-state index in [-0.39, 0.29) is 30.9 Å². The van der Waals surface area contributed by atoms with E-state index in [9.17, 15) is 33.9 Å². The lowest BCUT2D eigenvalue weighted by Gasteiger charge is -2.29. The zero-order chi connectivity index (χ0) is 93.2. The highest BCUT2D eigenvalue weighted by Gasteiger charge is 2.39. The Balaban J connectivity index is 0.000000143. The number of thiazole rings is 3. The van der Waals surface area contributed by atoms with E-state index in [1.54, 1.807) is 97.6 Å². The number of carbonyl (C=O) groups is 6. The van der Waals surface area contributed by atoms with Crippen LogP contribution in [0.4, 0.5) is 11.6 Å². The summed E-state index contributed by atoms with van der Waals surface area (Å²) in [4.78, 5) is 120. The highest BCUT2D eigenvalue weighted by molar-refractivity contribution is 7.23. The van der Waals surface area contributed by atoms with Crippen LogP contribution < -0.4 is 15.1 Å². The first kappa shape index (κ1) is 93.4. The maximum atomic E-state index is 13.4. The summed E-state index contributed by atoms with van der Waals surface area (Å²) in [5.41, 5.74) is 17.3. The maximum Gasteiger partial charge on any atom is 0.339 e. The van der Waals surface area contributed by atoms with Gasteiger partial charge < -0.3 is 34.1 Å². The van der Waals surface area contributed by atoms with Gasteiger partial charge in [-0.25, -0.2) is 44.3 Å². The van der Waals surface area contributed by atoms with Gasteiger partial charge in [0, 0.05) is 127 Å². The monoisotopic (exact) mass is 1890 g/mol. The average Bonchev–Trinajstić information content (AvgIpc) is 1.62. The van der Waals surface area contributed by atoms with Gasteiger partial charge in [0.2, 0.25) is 0 Å². The number of aliphatic carboxylic acids is 1. The number of hydrogen-bond donors (Lipinski definition) is 2. The zero-order valence-electron chi connectivity index (χ0n) is 73.9. The largest absolute Gasteiger partial charge is 0.479 e. The number of hydrogen-bond acceptors (Lipinski definition) is 23. The first-order valence-corrected chi connectivity index (χ1v) is 45.9. The number of esters is 2. The van der Waals surface area contributed by atoms with Crippen LogP contribution in [-0.2, 0) is 57.7 Å². The van der Waals surface area contributed by atoms with Gasteiger partial charge in [-0.3, -0.25) is 39.1 Å². The van der Waals surface area contributed by atoms with E-state index in [2.05, 4.69) is 35.2 Å². The summed E-state index contributed by atoms with van der Waals surface area (Å²) in [6.07, 6.45) is 11.8. The lowest BCUT2D eigenvalue weighted by molar-refractivity contribution is -0.167. The molecule has 0 bridgehead atoms. The maximum absolute atomic E-state index is 13.4. The van der Waals surface area contributed by atoms with E-state index in [1.165, 1.54) is 34.0 Å². The number of halogens is 4. The van der Waals surface area contributed by atoms with Gasteiger partial charge in [0.25, 0.3) is 17.7 Å². The molecular weight excluding hydrogens is 1800 g/mol. The molecule has 9 aromatic heterocycles. The summed E-state index contributed by atoms with van der Waals surface area (Å²) in [5, 5.41) is 17.5. The number of ether oxygens (including phenoxy) is 5. The van der Waals surface area contributed by atoms with Crippen molar-refractivity contribution in [2.75, 3.05) is 23.0 Å². The van der Waals surface area contributed by atoms with Crippen molar-refractivity contribution in [2.24, 2.45) is 0 Å². The molecule has 0 aliphatic carbocycles. The van der Waals surface area contributed by atoms with Crippen molar-refractivity contribution >= 4 is 158 Å². The van der Waals surface area contributed by atoms with Crippen molar-refractivity contribution in [1.29, 1.82) is 0 Å². The smallest absolute Gasteiger partial charge is 0.339 e. The van der Waals surface area contributed by atoms with Crippen molar-refractivity contribution in [3.05, 3.63) is 288 Å². The Bertz CT molecular complexity index is 6930. The van der Waals surface area contributed by atoms with E-state index in [1.807, 2.05) is 210 Å². The molecule has 668 valence electrons. The van der Waals surface area contributed by atoms with Gasteiger partial charge in [0.1, 0.15) is 31.8 Å². The number of fused-ring (bicyclic) bond motifs is 6. The predicted octanol–water partition coefficient (Wildman–Crippen LogP) is 23.8. The Kier molecular flexibility index (Phi) is 27.8. The second kappa shape index (κ2) is 39.0. The van der Waals surface area contributed by atoms with Gasteiger partial charge in [-0.1, -0.05) is 82.8 Å². The second-order valence-electron chi connectivity index (χ2n) is 34.0. The van der Waals surface area contributed by atoms with E-state index in [0.717, 1.165) is 140 Å². The van der Waals surface area contributed by atoms with E-state index >= 15 is 0 Å². The molecule has 3 amide bonds. The molecule has 0 radical (unpaired) electrons. The third-order valence-electron chi connectivity index (χ3n) is 21.1. The Labute approximate surface area is 788 Å². The summed E-state index contributed by atoms with van der Waals surface area (Å²) < 4.78 is 32.4. The number of nitrogens with one attached hydrogen (secondary N) is 1. The fraction of sp³-hybridized carbons (Fsp3) is 0.250. The van der Waals surface area contributed by atoms with E-state index in [0.29, 0.717) is 73.7 Å². The molecular formula is C100H90Cl4N12O12S3. The number of benzene rings is 6. The number of aromatic nitrogens is 9. The van der Waals surface area contributed by atoms with Crippen LogP contribution in [0.5, 0.6) is 0 Å². The normalized spacial score (nSPS) is 13.6. The van der Waals surface area contributed by atoms with Crippen LogP contribution in [-0.4, -0.2) is 116 Å². The van der Waals surface area contributed by atoms with Crippen molar-refractivity contribution < 1.29 is 57.6 Å². The van der Waals surface area contributed by atoms with Crippen molar-refractivity contribution in [1.82, 2.24) is 50.2 Å². The van der Waals surface area contributed by atoms with Crippen LogP contribution in [0.25, 0.3) is 95.7 Å². The van der Waals surface area contributed by atoms with Crippen LogP contribution >= 0.6 is 80.4 Å². The van der Waals surface area contributed by atoms with Crippen molar-refractivity contribution in [3.8, 4) is 65.1 Å². The number of carbonyl (C=O) groups excluding carboxylic acids is 5. The minimum absolute atomic E-state index is 0.0110. The summed E-state index contributed by atoms with van der Waals surface area (Å²) >= 11 is 29.3. The highest BCUT2D eigenvalue weighted by atomic mass is 35.5. The van der Waals surface area contributed by atoms with Crippen LogP contribution in [0.3, 0.4) is 0 Å². The van der Waals surface area contributed by atoms with E-state index < -0.39 is 53.0 Å². The first-order valence-electron chi connectivity index (χ1n) is 41.9. The predicted molar refractivity (Wildman–Crippen MR) is 516 cm³/mol. The fourth-order valence-corrected chi connectivity index (χ4v) is 19.5. The number of rotatable bonds is 19. The Morgan fingerprint density at radius 3 is 1.10 bits per heavy atom. The van der Waals surface area contributed by atoms with Gasteiger partial charge in [0.15, 0.2) is 18.3 Å². The summed E-state index contributed by atoms with van der Waals surface area (Å²) in [6.45, 7) is 28.4. The molecule has 0 fully saturated rings.